The fourth-order valence-corrected chi connectivity index (χ4v) is 5.07. The molecule has 0 unspecified atom stereocenters. The van der Waals surface area contributed by atoms with Crippen molar-refractivity contribution in [2.45, 2.75) is 38.6 Å². The van der Waals surface area contributed by atoms with E-state index in [9.17, 15) is 4.79 Å². The molecule has 1 aliphatic heterocycles. The van der Waals surface area contributed by atoms with Gasteiger partial charge in [-0.25, -0.2) is 0 Å². The second kappa shape index (κ2) is 5.34. The average molecular weight is 322 g/mol. The van der Waals surface area contributed by atoms with Crippen molar-refractivity contribution in [1.82, 2.24) is 9.55 Å². The van der Waals surface area contributed by atoms with Crippen molar-refractivity contribution in [2.75, 3.05) is 13.2 Å². The van der Waals surface area contributed by atoms with E-state index in [2.05, 4.69) is 4.98 Å². The van der Waals surface area contributed by atoms with Crippen LogP contribution < -0.4 is 5.56 Å². The van der Waals surface area contributed by atoms with Crippen LogP contribution in [0.2, 0.25) is 0 Å². The van der Waals surface area contributed by atoms with E-state index < -0.39 is 0 Å². The Morgan fingerprint density at radius 2 is 2.14 bits per heavy atom. The number of ether oxygens (including phenoxy) is 1. The molecule has 0 bridgehead atoms. The van der Waals surface area contributed by atoms with E-state index in [1.807, 2.05) is 0 Å². The smallest absolute Gasteiger partial charge is 0.263 e. The minimum absolute atomic E-state index is 0.111. The van der Waals surface area contributed by atoms with Crippen LogP contribution in [0.5, 0.6) is 0 Å². The van der Waals surface area contributed by atoms with E-state index in [-0.39, 0.29) is 5.56 Å². The van der Waals surface area contributed by atoms with E-state index in [1.165, 1.54) is 16.9 Å². The lowest BCUT2D eigenvalue weighted by Gasteiger charge is -2.22. The Bertz CT molecular complexity index is 796. The van der Waals surface area contributed by atoms with E-state index in [1.54, 1.807) is 15.9 Å². The standard InChI is InChI=1S/C15H18N2O2S2/c18-14-12-10-2-1-3-11(10)21-13(12)16-15(20)17(14)8-9-4-6-19-7-5-9/h9H,1-8H2,(H,16,20). The molecule has 2 aromatic rings. The molecule has 0 saturated carbocycles. The zero-order chi connectivity index (χ0) is 14.4. The molecule has 112 valence electrons. The highest BCUT2D eigenvalue weighted by Gasteiger charge is 2.22. The summed E-state index contributed by atoms with van der Waals surface area (Å²) in [5.74, 6) is 0.496. The molecule has 21 heavy (non-hydrogen) atoms. The van der Waals surface area contributed by atoms with Crippen molar-refractivity contribution in [3.05, 3.63) is 25.6 Å². The van der Waals surface area contributed by atoms with Crippen molar-refractivity contribution in [3.8, 4) is 0 Å². The third kappa shape index (κ3) is 2.29. The van der Waals surface area contributed by atoms with Gasteiger partial charge in [0.1, 0.15) is 4.83 Å². The fourth-order valence-electron chi connectivity index (χ4n) is 3.46. The zero-order valence-electron chi connectivity index (χ0n) is 11.8. The number of hydrogen-bond acceptors (Lipinski definition) is 4. The van der Waals surface area contributed by atoms with Crippen LogP contribution in [0.4, 0.5) is 0 Å². The van der Waals surface area contributed by atoms with Crippen molar-refractivity contribution in [2.24, 2.45) is 5.92 Å². The van der Waals surface area contributed by atoms with Gasteiger partial charge >= 0.3 is 0 Å². The third-order valence-corrected chi connectivity index (χ3v) is 6.16. The molecule has 0 radical (unpaired) electrons. The molecule has 6 heteroatoms. The van der Waals surface area contributed by atoms with Crippen LogP contribution >= 0.6 is 23.6 Å². The molecule has 0 spiro atoms. The minimum Gasteiger partial charge on any atom is -0.381 e. The van der Waals surface area contributed by atoms with Crippen LogP contribution in [-0.4, -0.2) is 22.8 Å². The van der Waals surface area contributed by atoms with Gasteiger partial charge < -0.3 is 9.72 Å². The average Bonchev–Trinajstić information content (AvgIpc) is 3.04. The first kappa shape index (κ1) is 13.7. The molecule has 1 saturated heterocycles. The maximum atomic E-state index is 12.9. The molecule has 0 atom stereocenters. The van der Waals surface area contributed by atoms with E-state index in [0.717, 1.165) is 55.7 Å². The predicted molar refractivity (Wildman–Crippen MR) is 86.8 cm³/mol. The molecular formula is C15H18N2O2S2. The van der Waals surface area contributed by atoms with Gasteiger partial charge in [0.05, 0.1) is 5.39 Å². The molecular weight excluding hydrogens is 304 g/mol. The zero-order valence-corrected chi connectivity index (χ0v) is 13.4. The monoisotopic (exact) mass is 322 g/mol. The van der Waals surface area contributed by atoms with Crippen molar-refractivity contribution < 1.29 is 4.74 Å². The number of nitrogens with zero attached hydrogens (tertiary/aromatic N) is 1. The normalized spacial score (nSPS) is 19.2. The summed E-state index contributed by atoms with van der Waals surface area (Å²) in [7, 11) is 0. The summed E-state index contributed by atoms with van der Waals surface area (Å²) in [6.45, 7) is 2.32. The van der Waals surface area contributed by atoms with E-state index >= 15 is 0 Å². The van der Waals surface area contributed by atoms with Crippen LogP contribution in [0.3, 0.4) is 0 Å². The molecule has 2 aliphatic rings. The number of rotatable bonds is 2. The van der Waals surface area contributed by atoms with Gasteiger partial charge in [-0.15, -0.1) is 11.3 Å². The number of hydrogen-bond donors (Lipinski definition) is 1. The lowest BCUT2D eigenvalue weighted by molar-refractivity contribution is 0.0608. The van der Waals surface area contributed by atoms with Gasteiger partial charge in [-0.3, -0.25) is 9.36 Å². The first-order valence-corrected chi connectivity index (χ1v) is 8.81. The quantitative estimate of drug-likeness (QED) is 0.865. The van der Waals surface area contributed by atoms with Gasteiger partial charge in [0.15, 0.2) is 4.77 Å². The Labute approximate surface area is 131 Å². The number of aryl methyl sites for hydroxylation is 2. The van der Waals surface area contributed by atoms with Crippen LogP contribution in [0.15, 0.2) is 4.79 Å². The number of aromatic nitrogens is 2. The maximum absolute atomic E-state index is 12.9. The number of aromatic amines is 1. The molecule has 3 heterocycles. The summed E-state index contributed by atoms with van der Waals surface area (Å²) >= 11 is 7.14. The second-order valence-electron chi connectivity index (χ2n) is 5.96. The van der Waals surface area contributed by atoms with Crippen molar-refractivity contribution in [3.63, 3.8) is 0 Å². The first-order chi connectivity index (χ1) is 10.2. The molecule has 1 aliphatic carbocycles. The van der Waals surface area contributed by atoms with E-state index in [0.29, 0.717) is 10.7 Å². The highest BCUT2D eigenvalue weighted by molar-refractivity contribution is 7.71. The highest BCUT2D eigenvalue weighted by Crippen LogP contribution is 2.34. The van der Waals surface area contributed by atoms with Gasteiger partial charge in [0.2, 0.25) is 0 Å². The Morgan fingerprint density at radius 1 is 1.33 bits per heavy atom. The number of thiophene rings is 1. The summed E-state index contributed by atoms with van der Waals surface area (Å²) in [6, 6.07) is 0. The highest BCUT2D eigenvalue weighted by atomic mass is 32.1. The number of H-pyrrole nitrogens is 1. The van der Waals surface area contributed by atoms with Gasteiger partial charge in [-0.1, -0.05) is 0 Å². The molecule has 4 rings (SSSR count). The topological polar surface area (TPSA) is 47.0 Å². The number of nitrogens with one attached hydrogen (secondary N) is 1. The first-order valence-electron chi connectivity index (χ1n) is 7.59. The summed E-state index contributed by atoms with van der Waals surface area (Å²) in [5, 5.41) is 0.896. The summed E-state index contributed by atoms with van der Waals surface area (Å²) in [4.78, 5) is 18.5. The molecule has 1 fully saturated rings. The van der Waals surface area contributed by atoms with Crippen molar-refractivity contribution >= 4 is 33.8 Å². The third-order valence-electron chi connectivity index (χ3n) is 4.63. The molecule has 2 aromatic heterocycles. The van der Waals surface area contributed by atoms with Gasteiger partial charge in [0.25, 0.3) is 5.56 Å². The number of fused-ring (bicyclic) bond motifs is 3. The molecule has 4 nitrogen and oxygen atoms in total. The Kier molecular flexibility index (Phi) is 3.47. The second-order valence-corrected chi connectivity index (χ2v) is 7.45. The Balaban J connectivity index is 1.81. The van der Waals surface area contributed by atoms with E-state index in [4.69, 9.17) is 17.0 Å². The van der Waals surface area contributed by atoms with Crippen LogP contribution in [0.25, 0.3) is 10.2 Å². The van der Waals surface area contributed by atoms with Crippen LogP contribution in [-0.2, 0) is 24.1 Å². The molecule has 0 aromatic carbocycles. The van der Waals surface area contributed by atoms with Crippen LogP contribution in [0, 0.1) is 10.7 Å². The Morgan fingerprint density at radius 3 is 2.95 bits per heavy atom. The SMILES string of the molecule is O=c1c2c3c(sc2[nH]c(=S)n1CC1CCOCC1)CCC3. The Hall–Kier alpha value is -0.980. The summed E-state index contributed by atoms with van der Waals surface area (Å²) in [6.07, 6.45) is 5.34. The van der Waals surface area contributed by atoms with Gasteiger partial charge in [-0.05, 0) is 55.8 Å². The minimum atomic E-state index is 0.111. The lowest BCUT2D eigenvalue weighted by atomic mass is 10.0. The van der Waals surface area contributed by atoms with Gasteiger partial charge in [-0.2, -0.15) is 0 Å². The largest absolute Gasteiger partial charge is 0.381 e. The molecule has 0 amide bonds. The predicted octanol–water partition coefficient (Wildman–Crippen LogP) is 3.04. The molecule has 1 N–H and O–H groups in total. The van der Waals surface area contributed by atoms with Gasteiger partial charge in [0, 0.05) is 24.6 Å². The summed E-state index contributed by atoms with van der Waals surface area (Å²) < 4.78 is 7.74. The lowest BCUT2D eigenvalue weighted by Crippen LogP contribution is -2.28. The summed E-state index contributed by atoms with van der Waals surface area (Å²) in [5.41, 5.74) is 1.38. The fraction of sp³-hybridized carbons (Fsp3) is 0.600. The maximum Gasteiger partial charge on any atom is 0.263 e. The van der Waals surface area contributed by atoms with Crippen molar-refractivity contribution in [1.29, 1.82) is 0 Å². The van der Waals surface area contributed by atoms with Crippen LogP contribution in [0.1, 0.15) is 29.7 Å².